The van der Waals surface area contributed by atoms with Gasteiger partial charge in [0.15, 0.2) is 11.3 Å². The van der Waals surface area contributed by atoms with Gasteiger partial charge in [-0.05, 0) is 57.0 Å². The number of pyridine rings is 1. The molecule has 1 unspecified atom stereocenters. The summed E-state index contributed by atoms with van der Waals surface area (Å²) < 4.78 is 47.0. The molecule has 1 aromatic carbocycles. The minimum absolute atomic E-state index is 0.0492. The van der Waals surface area contributed by atoms with Gasteiger partial charge in [0, 0.05) is 29.6 Å². The largest absolute Gasteiger partial charge is 0.486 e. The Kier molecular flexibility index (Phi) is 5.35. The Balaban J connectivity index is 1.35. The average molecular weight is 488 g/mol. The van der Waals surface area contributed by atoms with Crippen LogP contribution in [0.4, 0.5) is 13.2 Å². The Hall–Kier alpha value is -3.47. The summed E-state index contributed by atoms with van der Waals surface area (Å²) in [5, 5.41) is 9.44. The molecule has 2 fully saturated rings. The molecule has 0 bridgehead atoms. The molecule has 35 heavy (non-hydrogen) atoms. The molecular weight excluding hydrogens is 465 g/mol. The van der Waals surface area contributed by atoms with Crippen molar-refractivity contribution < 1.29 is 27.8 Å². The van der Waals surface area contributed by atoms with E-state index in [0.717, 1.165) is 6.07 Å². The summed E-state index contributed by atoms with van der Waals surface area (Å²) in [7, 11) is 0. The topological polar surface area (TPSA) is 108 Å². The highest BCUT2D eigenvalue weighted by atomic mass is 19.4. The number of ether oxygens (including phenoxy) is 1. The molecule has 1 spiro atoms. The fourth-order valence-electron chi connectivity index (χ4n) is 4.96. The maximum Gasteiger partial charge on any atom is 0.433 e. The van der Waals surface area contributed by atoms with Crippen LogP contribution in [0.25, 0.3) is 11.0 Å². The van der Waals surface area contributed by atoms with Gasteiger partial charge in [0.1, 0.15) is 17.7 Å². The van der Waals surface area contributed by atoms with Gasteiger partial charge in [-0.1, -0.05) is 0 Å². The monoisotopic (exact) mass is 488 g/mol. The average Bonchev–Trinajstić information content (AvgIpc) is 2.73. The number of halogens is 3. The van der Waals surface area contributed by atoms with Crippen LogP contribution in [0.2, 0.25) is 0 Å². The van der Waals surface area contributed by atoms with Gasteiger partial charge in [-0.15, -0.1) is 0 Å². The zero-order chi connectivity index (χ0) is 25.1. The molecule has 1 aliphatic carbocycles. The molecule has 3 heterocycles. The van der Waals surface area contributed by atoms with E-state index in [1.54, 1.807) is 17.0 Å². The third kappa shape index (κ3) is 4.24. The maximum absolute atomic E-state index is 13.8. The molecule has 5 rings (SSSR count). The number of nitrogens with one attached hydrogen (secondary N) is 1. The SMILES string of the molecule is Cc1nc2nc(C(F)(F)F)c(C(C)Oc3ccc(C(=O)N4CC5(CC(O)C5)C4)cc3)cc2c(=O)[nH]1. The van der Waals surface area contributed by atoms with E-state index in [-0.39, 0.29) is 45.6 Å². The van der Waals surface area contributed by atoms with Crippen molar-refractivity contribution in [2.75, 3.05) is 13.1 Å². The zero-order valence-corrected chi connectivity index (χ0v) is 19.0. The van der Waals surface area contributed by atoms with Crippen molar-refractivity contribution in [1.82, 2.24) is 19.9 Å². The van der Waals surface area contributed by atoms with Gasteiger partial charge in [-0.25, -0.2) is 9.97 Å². The number of fused-ring (bicyclic) bond motifs is 1. The number of H-pyrrole nitrogens is 1. The Morgan fingerprint density at radius 1 is 1.23 bits per heavy atom. The van der Waals surface area contributed by atoms with Crippen molar-refractivity contribution in [2.24, 2.45) is 5.41 Å². The quantitative estimate of drug-likeness (QED) is 0.583. The van der Waals surface area contributed by atoms with Crippen molar-refractivity contribution in [3.8, 4) is 5.75 Å². The summed E-state index contributed by atoms with van der Waals surface area (Å²) in [4.78, 5) is 36.6. The number of amides is 1. The van der Waals surface area contributed by atoms with Crippen LogP contribution in [-0.2, 0) is 6.18 Å². The smallest absolute Gasteiger partial charge is 0.433 e. The summed E-state index contributed by atoms with van der Waals surface area (Å²) in [6.45, 7) is 4.11. The van der Waals surface area contributed by atoms with E-state index in [4.69, 9.17) is 4.74 Å². The molecule has 0 radical (unpaired) electrons. The van der Waals surface area contributed by atoms with E-state index in [1.165, 1.54) is 26.0 Å². The number of aryl methyl sites for hydroxylation is 1. The zero-order valence-electron chi connectivity index (χ0n) is 19.0. The van der Waals surface area contributed by atoms with E-state index < -0.39 is 23.5 Å². The fourth-order valence-corrected chi connectivity index (χ4v) is 4.96. The van der Waals surface area contributed by atoms with Gasteiger partial charge in [-0.2, -0.15) is 13.2 Å². The number of aromatic amines is 1. The van der Waals surface area contributed by atoms with Crippen LogP contribution in [0.3, 0.4) is 0 Å². The highest BCUT2D eigenvalue weighted by Gasteiger charge is 2.53. The number of aliphatic hydroxyl groups excluding tert-OH is 1. The molecule has 2 aromatic heterocycles. The van der Waals surface area contributed by atoms with Gasteiger partial charge >= 0.3 is 6.18 Å². The van der Waals surface area contributed by atoms with Crippen LogP contribution in [0.5, 0.6) is 5.75 Å². The van der Waals surface area contributed by atoms with Crippen molar-refractivity contribution in [3.05, 3.63) is 63.3 Å². The van der Waals surface area contributed by atoms with E-state index in [0.29, 0.717) is 31.5 Å². The Morgan fingerprint density at radius 3 is 2.49 bits per heavy atom. The highest BCUT2D eigenvalue weighted by Crippen LogP contribution is 2.48. The number of nitrogens with zero attached hydrogens (tertiary/aromatic N) is 3. The highest BCUT2D eigenvalue weighted by molar-refractivity contribution is 5.95. The van der Waals surface area contributed by atoms with Crippen LogP contribution in [0, 0.1) is 12.3 Å². The molecular formula is C24H23F3N4O4. The molecule has 2 aliphatic rings. The van der Waals surface area contributed by atoms with Crippen LogP contribution >= 0.6 is 0 Å². The Bertz CT molecular complexity index is 1360. The van der Waals surface area contributed by atoms with Crippen LogP contribution < -0.4 is 10.3 Å². The maximum atomic E-state index is 13.8. The lowest BCUT2D eigenvalue weighted by Crippen LogP contribution is -2.64. The Labute approximate surface area is 197 Å². The first-order valence-electron chi connectivity index (χ1n) is 11.2. The third-order valence-electron chi connectivity index (χ3n) is 6.64. The van der Waals surface area contributed by atoms with Gasteiger partial charge < -0.3 is 19.7 Å². The van der Waals surface area contributed by atoms with Gasteiger partial charge in [0.25, 0.3) is 11.5 Å². The number of aromatic nitrogens is 3. The van der Waals surface area contributed by atoms with E-state index >= 15 is 0 Å². The second kappa shape index (κ2) is 8.04. The first-order chi connectivity index (χ1) is 16.4. The predicted octanol–water partition coefficient (Wildman–Crippen LogP) is 3.38. The summed E-state index contributed by atoms with van der Waals surface area (Å²) in [6.07, 6.45) is -4.72. The van der Waals surface area contributed by atoms with E-state index in [1.807, 2.05) is 0 Å². The number of alkyl halides is 3. The second-order valence-corrected chi connectivity index (χ2v) is 9.45. The third-order valence-corrected chi connectivity index (χ3v) is 6.64. The van der Waals surface area contributed by atoms with E-state index in [9.17, 15) is 27.9 Å². The minimum Gasteiger partial charge on any atom is -0.486 e. The lowest BCUT2D eigenvalue weighted by molar-refractivity contribution is -0.142. The molecule has 1 saturated carbocycles. The molecule has 2 N–H and O–H groups in total. The van der Waals surface area contributed by atoms with Crippen LogP contribution in [-0.4, -0.2) is 50.1 Å². The lowest BCUT2D eigenvalue weighted by Gasteiger charge is -2.57. The van der Waals surface area contributed by atoms with Crippen molar-refractivity contribution in [3.63, 3.8) is 0 Å². The van der Waals surface area contributed by atoms with Gasteiger partial charge in [0.05, 0.1) is 11.5 Å². The molecule has 8 nitrogen and oxygen atoms in total. The number of hydrogen-bond acceptors (Lipinski definition) is 6. The first kappa shape index (κ1) is 23.3. The minimum atomic E-state index is -4.78. The summed E-state index contributed by atoms with van der Waals surface area (Å²) in [5.74, 6) is 0.283. The van der Waals surface area contributed by atoms with Gasteiger partial charge in [-0.3, -0.25) is 9.59 Å². The molecule has 3 aromatic rings. The molecule has 1 saturated heterocycles. The number of carbonyl (C=O) groups excluding carboxylic acids is 1. The number of benzene rings is 1. The number of likely N-dealkylation sites (tertiary alicyclic amines) is 1. The van der Waals surface area contributed by atoms with Crippen molar-refractivity contribution in [1.29, 1.82) is 0 Å². The molecule has 1 aliphatic heterocycles. The van der Waals surface area contributed by atoms with E-state index in [2.05, 4.69) is 15.0 Å². The predicted molar refractivity (Wildman–Crippen MR) is 119 cm³/mol. The fraction of sp³-hybridized carbons (Fsp3) is 0.417. The van der Waals surface area contributed by atoms with Crippen molar-refractivity contribution >= 4 is 16.9 Å². The summed E-state index contributed by atoms with van der Waals surface area (Å²) in [6, 6.07) is 7.27. The standard InChI is InChI=1S/C24H23F3N4O4/c1-12(17-7-18-20(28-13(2)29-21(18)33)30-19(17)24(25,26)27)35-16-5-3-14(4-6-16)22(34)31-10-23(11-31)8-15(32)9-23/h3-7,12,15,32H,8-11H2,1-2H3,(H,28,29,30,33). The lowest BCUT2D eigenvalue weighted by atomic mass is 9.62. The van der Waals surface area contributed by atoms with Crippen molar-refractivity contribution in [2.45, 2.75) is 45.1 Å². The number of hydrogen-bond donors (Lipinski definition) is 2. The van der Waals surface area contributed by atoms with Crippen LogP contribution in [0.15, 0.2) is 35.1 Å². The summed E-state index contributed by atoms with van der Waals surface area (Å²) in [5.41, 5.74) is -1.86. The number of aliphatic hydroxyl groups is 1. The Morgan fingerprint density at radius 2 is 1.89 bits per heavy atom. The number of carbonyl (C=O) groups is 1. The normalized spacial score (nSPS) is 18.3. The molecule has 11 heteroatoms. The first-order valence-corrected chi connectivity index (χ1v) is 11.2. The van der Waals surface area contributed by atoms with Crippen LogP contribution in [0.1, 0.15) is 53.3 Å². The molecule has 1 atom stereocenters. The number of rotatable bonds is 4. The summed E-state index contributed by atoms with van der Waals surface area (Å²) >= 11 is 0. The second-order valence-electron chi connectivity index (χ2n) is 9.45. The van der Waals surface area contributed by atoms with Gasteiger partial charge in [0.2, 0.25) is 0 Å². The molecule has 1 amide bonds. The molecule has 184 valence electrons.